The Morgan fingerprint density at radius 1 is 1.12 bits per heavy atom. The van der Waals surface area contributed by atoms with E-state index in [1.54, 1.807) is 39.5 Å². The van der Waals surface area contributed by atoms with Gasteiger partial charge in [-0.05, 0) is 56.6 Å². The Hall–Kier alpha value is -2.24. The van der Waals surface area contributed by atoms with Crippen LogP contribution in [0.4, 0.5) is 32.6 Å². The van der Waals surface area contributed by atoms with Crippen molar-refractivity contribution in [3.05, 3.63) is 28.0 Å². The molecule has 6 nitrogen and oxygen atoms in total. The molecule has 1 aliphatic rings. The molecule has 0 radical (unpaired) electrons. The Bertz CT molecular complexity index is 1060. The molecule has 2 atom stereocenters. The van der Waals surface area contributed by atoms with Crippen LogP contribution in [0.15, 0.2) is 10.5 Å². The molecule has 0 saturated carbocycles. The van der Waals surface area contributed by atoms with E-state index >= 15 is 0 Å². The molecule has 1 aromatic carbocycles. The number of ether oxygens (including phenoxy) is 1. The summed E-state index contributed by atoms with van der Waals surface area (Å²) >= 11 is 2.60. The van der Waals surface area contributed by atoms with Crippen molar-refractivity contribution >= 4 is 38.7 Å². The predicted octanol–water partition coefficient (Wildman–Crippen LogP) is 5.52. The number of halogens is 6. The first-order valence-corrected chi connectivity index (χ1v) is 10.6. The van der Waals surface area contributed by atoms with Crippen LogP contribution < -0.4 is 4.90 Å². The van der Waals surface area contributed by atoms with Gasteiger partial charge in [-0.25, -0.2) is 9.18 Å². The van der Waals surface area contributed by atoms with Gasteiger partial charge in [-0.1, -0.05) is 0 Å². The summed E-state index contributed by atoms with van der Waals surface area (Å²) in [7, 11) is 0. The van der Waals surface area contributed by atoms with Crippen LogP contribution in [0, 0.1) is 11.9 Å². The van der Waals surface area contributed by atoms with Crippen molar-refractivity contribution < 1.29 is 31.5 Å². The molecule has 32 heavy (non-hydrogen) atoms. The summed E-state index contributed by atoms with van der Waals surface area (Å²) in [5, 5.41) is -0.274. The second-order valence-electron chi connectivity index (χ2n) is 8.75. The maximum absolute atomic E-state index is 14.7. The highest BCUT2D eigenvalue weighted by Crippen LogP contribution is 2.41. The van der Waals surface area contributed by atoms with Gasteiger partial charge < -0.3 is 14.5 Å². The molecule has 0 bridgehead atoms. The number of amides is 1. The molecule has 2 heterocycles. The first kappa shape index (κ1) is 24.4. The topological polar surface area (TPSA) is 58.6 Å². The lowest BCUT2D eigenvalue weighted by Gasteiger charge is -2.44. The lowest BCUT2D eigenvalue weighted by molar-refractivity contribution is -0.138. The van der Waals surface area contributed by atoms with Crippen LogP contribution in [0.5, 0.6) is 0 Å². The van der Waals surface area contributed by atoms with Crippen molar-refractivity contribution in [3.8, 4) is 0 Å². The van der Waals surface area contributed by atoms with E-state index < -0.39 is 57.4 Å². The number of carbonyl (C=O) groups excluding carboxylic acids is 1. The fraction of sp³-hybridized carbons (Fsp3) is 0.550. The molecule has 1 aromatic heterocycles. The van der Waals surface area contributed by atoms with Gasteiger partial charge in [0.15, 0.2) is 5.82 Å². The maximum Gasteiger partial charge on any atom is 0.417 e. The smallest absolute Gasteiger partial charge is 0.417 e. The normalized spacial score (nSPS) is 20.1. The van der Waals surface area contributed by atoms with E-state index in [1.807, 2.05) is 0 Å². The van der Waals surface area contributed by atoms with Crippen molar-refractivity contribution in [2.75, 3.05) is 18.0 Å². The molecule has 3 rings (SSSR count). The molecule has 0 aliphatic carbocycles. The van der Waals surface area contributed by atoms with Gasteiger partial charge >= 0.3 is 18.3 Å². The average molecular weight is 525 g/mol. The third-order valence-corrected chi connectivity index (χ3v) is 5.79. The van der Waals surface area contributed by atoms with Crippen LogP contribution in [0.1, 0.15) is 40.2 Å². The van der Waals surface area contributed by atoms with Gasteiger partial charge in [0.2, 0.25) is 0 Å². The number of anilines is 1. The highest BCUT2D eigenvalue weighted by molar-refractivity contribution is 9.10. The summed E-state index contributed by atoms with van der Waals surface area (Å²) in [6.07, 6.45) is -6.66. The van der Waals surface area contributed by atoms with Crippen LogP contribution in [-0.4, -0.2) is 51.7 Å². The summed E-state index contributed by atoms with van der Waals surface area (Å²) in [6, 6.07) is -0.205. The molecule has 1 saturated heterocycles. The maximum atomic E-state index is 14.7. The molecule has 176 valence electrons. The predicted molar refractivity (Wildman–Crippen MR) is 111 cm³/mol. The van der Waals surface area contributed by atoms with Crippen LogP contribution in [-0.2, 0) is 10.9 Å². The minimum absolute atomic E-state index is 0.116. The van der Waals surface area contributed by atoms with Crippen molar-refractivity contribution in [3.63, 3.8) is 0 Å². The van der Waals surface area contributed by atoms with E-state index in [0.29, 0.717) is 6.07 Å². The number of benzene rings is 1. The third kappa shape index (κ3) is 4.74. The number of rotatable bonds is 1. The summed E-state index contributed by atoms with van der Waals surface area (Å²) in [4.78, 5) is 22.7. The zero-order valence-corrected chi connectivity index (χ0v) is 19.6. The minimum Gasteiger partial charge on any atom is -0.444 e. The highest BCUT2D eigenvalue weighted by atomic mass is 79.9. The number of carbonyl (C=O) groups is 1. The molecule has 0 spiro atoms. The number of hydrogen-bond acceptors (Lipinski definition) is 5. The van der Waals surface area contributed by atoms with Crippen LogP contribution >= 0.6 is 15.9 Å². The molecular formula is C20H22BrF5N4O2. The van der Waals surface area contributed by atoms with Gasteiger partial charge in [0.1, 0.15) is 16.9 Å². The number of alkyl halides is 3. The molecule has 2 aromatic rings. The molecule has 12 heteroatoms. The van der Waals surface area contributed by atoms with E-state index in [4.69, 9.17) is 4.74 Å². The molecule has 1 aliphatic heterocycles. The highest BCUT2D eigenvalue weighted by Gasteiger charge is 2.39. The Morgan fingerprint density at radius 2 is 1.75 bits per heavy atom. The Labute approximate surface area is 189 Å². The van der Waals surface area contributed by atoms with Gasteiger partial charge in [0, 0.05) is 30.6 Å². The number of aromatic nitrogens is 2. The second-order valence-corrected chi connectivity index (χ2v) is 9.54. The summed E-state index contributed by atoms with van der Waals surface area (Å²) in [5.41, 5.74) is -2.53. The average Bonchev–Trinajstić information content (AvgIpc) is 2.63. The van der Waals surface area contributed by atoms with E-state index in [9.17, 15) is 26.7 Å². The number of piperazine rings is 1. The van der Waals surface area contributed by atoms with Gasteiger partial charge in [-0.3, -0.25) is 0 Å². The standard InChI is InChI=1S/C20H22BrF5N4O2/c1-9-8-30(18(31)32-19(3,4)5)10(2)7-29(9)16-11-6-12(20(24,25)26)13(21)14(22)15(11)27-17(23)28-16/h6,9-10H,7-8H2,1-5H3/t9?,10-/m0/s1. The first-order chi connectivity index (χ1) is 14.6. The molecule has 1 fully saturated rings. The Balaban J connectivity index is 2.06. The van der Waals surface area contributed by atoms with Crippen LogP contribution in [0.3, 0.4) is 0 Å². The second kappa shape index (κ2) is 8.27. The molecule has 0 N–H and O–H groups in total. The lowest BCUT2D eigenvalue weighted by atomic mass is 10.1. The Morgan fingerprint density at radius 3 is 2.31 bits per heavy atom. The monoisotopic (exact) mass is 524 g/mol. The van der Waals surface area contributed by atoms with Crippen molar-refractivity contribution in [2.24, 2.45) is 0 Å². The van der Waals surface area contributed by atoms with Gasteiger partial charge in [0.25, 0.3) is 0 Å². The minimum atomic E-state index is -4.85. The van der Waals surface area contributed by atoms with Crippen molar-refractivity contribution in [2.45, 2.75) is 58.5 Å². The third-order valence-electron chi connectivity index (χ3n) is 5.02. The molecule has 1 unspecified atom stereocenters. The largest absolute Gasteiger partial charge is 0.444 e. The van der Waals surface area contributed by atoms with Gasteiger partial charge in [-0.2, -0.15) is 27.5 Å². The SMILES string of the molecule is CC1CN(C(=O)OC(C)(C)C)[C@@H](C)CN1c1nc(F)nc2c(F)c(Br)c(C(F)(F)F)cc12. The zero-order chi connectivity index (χ0) is 24.2. The quantitative estimate of drug-likeness (QED) is 0.363. The van der Waals surface area contributed by atoms with E-state index in [0.717, 1.165) is 0 Å². The van der Waals surface area contributed by atoms with Crippen molar-refractivity contribution in [1.29, 1.82) is 0 Å². The lowest BCUT2D eigenvalue weighted by Crippen LogP contribution is -2.59. The fourth-order valence-electron chi connectivity index (χ4n) is 3.58. The summed E-state index contributed by atoms with van der Waals surface area (Å²) in [6.45, 7) is 8.89. The van der Waals surface area contributed by atoms with Crippen molar-refractivity contribution in [1.82, 2.24) is 14.9 Å². The van der Waals surface area contributed by atoms with Gasteiger partial charge in [0.05, 0.1) is 10.0 Å². The van der Waals surface area contributed by atoms with Crippen LogP contribution in [0.25, 0.3) is 10.9 Å². The fourth-order valence-corrected chi connectivity index (χ4v) is 4.11. The summed E-state index contributed by atoms with van der Waals surface area (Å²) < 4.78 is 73.8. The summed E-state index contributed by atoms with van der Waals surface area (Å²) in [5.74, 6) is -1.50. The number of nitrogens with zero attached hydrogens (tertiary/aromatic N) is 4. The molecular weight excluding hydrogens is 503 g/mol. The molecule has 1 amide bonds. The van der Waals surface area contributed by atoms with E-state index in [1.165, 1.54) is 4.90 Å². The first-order valence-electron chi connectivity index (χ1n) is 9.79. The number of hydrogen-bond donors (Lipinski definition) is 0. The van der Waals surface area contributed by atoms with E-state index in [2.05, 4.69) is 25.9 Å². The zero-order valence-electron chi connectivity index (χ0n) is 18.0. The van der Waals surface area contributed by atoms with Crippen LogP contribution in [0.2, 0.25) is 0 Å². The Kier molecular flexibility index (Phi) is 6.31. The van der Waals surface area contributed by atoms with Gasteiger partial charge in [-0.15, -0.1) is 0 Å². The number of fused-ring (bicyclic) bond motifs is 1. The van der Waals surface area contributed by atoms with E-state index in [-0.39, 0.29) is 24.3 Å².